The maximum Gasteiger partial charge on any atom is 0.357 e. The molecule has 1 heterocycles. The number of carbonyl (C=O) groups is 1. The topological polar surface area (TPSA) is 75.2 Å². The molecular formula is C12H11ClN2O3. The average molecular weight is 267 g/mol. The van der Waals surface area contributed by atoms with E-state index in [1.165, 1.54) is 7.11 Å². The van der Waals surface area contributed by atoms with Crippen molar-refractivity contribution < 1.29 is 14.6 Å². The molecule has 0 aliphatic heterocycles. The number of hydrogen-bond donors (Lipinski definition) is 2. The van der Waals surface area contributed by atoms with Crippen LogP contribution in [-0.4, -0.2) is 28.4 Å². The molecule has 2 rings (SSSR count). The van der Waals surface area contributed by atoms with Gasteiger partial charge in [0.1, 0.15) is 5.75 Å². The lowest BCUT2D eigenvalue weighted by Crippen LogP contribution is -1.99. The highest BCUT2D eigenvalue weighted by atomic mass is 35.5. The number of aryl methyl sites for hydroxylation is 1. The molecule has 5 nitrogen and oxygen atoms in total. The Morgan fingerprint density at radius 1 is 1.50 bits per heavy atom. The number of nitrogens with one attached hydrogen (secondary N) is 1. The Morgan fingerprint density at radius 2 is 2.22 bits per heavy atom. The van der Waals surface area contributed by atoms with Gasteiger partial charge in [-0.25, -0.2) is 4.79 Å². The molecule has 6 heteroatoms. The summed E-state index contributed by atoms with van der Waals surface area (Å²) in [7, 11) is 1.52. The zero-order chi connectivity index (χ0) is 13.3. The number of aromatic carboxylic acids is 1. The number of benzene rings is 1. The minimum atomic E-state index is -1.08. The van der Waals surface area contributed by atoms with Crippen LogP contribution in [0.15, 0.2) is 18.2 Å². The summed E-state index contributed by atoms with van der Waals surface area (Å²) in [6, 6.07) is 5.09. The summed E-state index contributed by atoms with van der Waals surface area (Å²) in [4.78, 5) is 11.1. The van der Waals surface area contributed by atoms with E-state index in [2.05, 4.69) is 10.2 Å². The van der Waals surface area contributed by atoms with Gasteiger partial charge in [-0.15, -0.1) is 0 Å². The van der Waals surface area contributed by atoms with Crippen molar-refractivity contribution in [1.82, 2.24) is 10.2 Å². The second-order valence-corrected chi connectivity index (χ2v) is 4.13. The van der Waals surface area contributed by atoms with Crippen molar-refractivity contribution in [3.63, 3.8) is 0 Å². The number of ether oxygens (including phenoxy) is 1. The van der Waals surface area contributed by atoms with Crippen LogP contribution in [0.2, 0.25) is 5.02 Å². The first-order chi connectivity index (χ1) is 8.54. The molecular weight excluding hydrogens is 256 g/mol. The third kappa shape index (κ3) is 2.04. The molecule has 0 saturated carbocycles. The smallest absolute Gasteiger partial charge is 0.357 e. The molecule has 1 aromatic heterocycles. The van der Waals surface area contributed by atoms with Crippen LogP contribution < -0.4 is 4.74 Å². The molecule has 0 radical (unpaired) electrons. The number of halogens is 1. The van der Waals surface area contributed by atoms with Crippen LogP contribution in [0.5, 0.6) is 5.75 Å². The number of H-pyrrole nitrogens is 1. The van der Waals surface area contributed by atoms with Crippen molar-refractivity contribution in [2.75, 3.05) is 7.11 Å². The first-order valence-corrected chi connectivity index (χ1v) is 5.54. The van der Waals surface area contributed by atoms with Gasteiger partial charge >= 0.3 is 5.97 Å². The molecule has 94 valence electrons. The van der Waals surface area contributed by atoms with Crippen molar-refractivity contribution in [1.29, 1.82) is 0 Å². The van der Waals surface area contributed by atoms with E-state index < -0.39 is 5.97 Å². The van der Waals surface area contributed by atoms with Crippen LogP contribution in [0.25, 0.3) is 11.1 Å². The Hall–Kier alpha value is -2.01. The zero-order valence-electron chi connectivity index (χ0n) is 9.82. The van der Waals surface area contributed by atoms with Gasteiger partial charge in [-0.1, -0.05) is 17.7 Å². The summed E-state index contributed by atoms with van der Waals surface area (Å²) in [6.45, 7) is 1.76. The Labute approximate surface area is 108 Å². The number of aromatic nitrogens is 2. The van der Waals surface area contributed by atoms with Gasteiger partial charge < -0.3 is 9.84 Å². The Bertz CT molecular complexity index is 607. The number of carboxylic acids is 1. The van der Waals surface area contributed by atoms with Crippen molar-refractivity contribution in [3.05, 3.63) is 34.6 Å². The third-order valence-electron chi connectivity index (χ3n) is 2.59. The van der Waals surface area contributed by atoms with E-state index in [0.29, 0.717) is 27.6 Å². The lowest BCUT2D eigenvalue weighted by molar-refractivity contribution is 0.0691. The fourth-order valence-electron chi connectivity index (χ4n) is 1.76. The van der Waals surface area contributed by atoms with E-state index in [0.717, 1.165) is 0 Å². The lowest BCUT2D eigenvalue weighted by Gasteiger charge is -2.06. The van der Waals surface area contributed by atoms with Gasteiger partial charge in [-0.2, -0.15) is 5.10 Å². The molecule has 0 aliphatic rings. The maximum atomic E-state index is 11.1. The van der Waals surface area contributed by atoms with Crippen LogP contribution in [0.3, 0.4) is 0 Å². The van der Waals surface area contributed by atoms with Crippen LogP contribution >= 0.6 is 11.6 Å². The first-order valence-electron chi connectivity index (χ1n) is 5.16. The third-order valence-corrected chi connectivity index (χ3v) is 2.89. The summed E-state index contributed by atoms with van der Waals surface area (Å²) >= 11 is 6.03. The van der Waals surface area contributed by atoms with Gasteiger partial charge in [-0.05, 0) is 24.6 Å². The van der Waals surface area contributed by atoms with E-state index in [1.807, 2.05) is 0 Å². The van der Waals surface area contributed by atoms with Crippen LogP contribution in [-0.2, 0) is 0 Å². The van der Waals surface area contributed by atoms with E-state index in [9.17, 15) is 4.79 Å². The highest BCUT2D eigenvalue weighted by molar-refractivity contribution is 6.32. The van der Waals surface area contributed by atoms with Crippen molar-refractivity contribution in [2.24, 2.45) is 0 Å². The molecule has 0 fully saturated rings. The fourth-order valence-corrected chi connectivity index (χ4v) is 2.02. The van der Waals surface area contributed by atoms with Gasteiger partial charge in [-0.3, -0.25) is 5.10 Å². The van der Waals surface area contributed by atoms with Gasteiger partial charge in [0.2, 0.25) is 0 Å². The Morgan fingerprint density at radius 3 is 2.78 bits per heavy atom. The summed E-state index contributed by atoms with van der Waals surface area (Å²) in [6.07, 6.45) is 0. The highest BCUT2D eigenvalue weighted by Gasteiger charge is 2.18. The summed E-state index contributed by atoms with van der Waals surface area (Å²) in [5.41, 5.74) is 1.87. The van der Waals surface area contributed by atoms with Gasteiger partial charge in [0.25, 0.3) is 0 Å². The Balaban J connectivity index is 2.58. The van der Waals surface area contributed by atoms with E-state index in [-0.39, 0.29) is 5.69 Å². The van der Waals surface area contributed by atoms with Crippen molar-refractivity contribution in [2.45, 2.75) is 6.92 Å². The number of nitrogens with zero attached hydrogens (tertiary/aromatic N) is 1. The zero-order valence-corrected chi connectivity index (χ0v) is 10.6. The molecule has 0 spiro atoms. The maximum absolute atomic E-state index is 11.1. The van der Waals surface area contributed by atoms with Crippen LogP contribution in [0.1, 0.15) is 16.2 Å². The molecule has 0 aliphatic carbocycles. The largest absolute Gasteiger partial charge is 0.495 e. The SMILES string of the molecule is COc1ccc(-c2c(C(=O)O)n[nH]c2C)cc1Cl. The molecule has 2 N–H and O–H groups in total. The summed E-state index contributed by atoms with van der Waals surface area (Å²) in [5.74, 6) is -0.542. The molecule has 0 bridgehead atoms. The number of methoxy groups -OCH3 is 1. The molecule has 2 aromatic rings. The number of rotatable bonds is 3. The second-order valence-electron chi connectivity index (χ2n) is 3.73. The number of carboxylic acid groups (broad SMARTS) is 1. The first kappa shape index (κ1) is 12.4. The Kier molecular flexibility index (Phi) is 3.25. The highest BCUT2D eigenvalue weighted by Crippen LogP contribution is 2.32. The molecule has 0 amide bonds. The molecule has 1 aromatic carbocycles. The van der Waals surface area contributed by atoms with Crippen molar-refractivity contribution >= 4 is 17.6 Å². The predicted octanol–water partition coefficient (Wildman–Crippen LogP) is 2.75. The minimum absolute atomic E-state index is 0.0197. The molecule has 0 atom stereocenters. The van der Waals surface area contributed by atoms with Crippen LogP contribution in [0, 0.1) is 6.92 Å². The number of hydrogen-bond acceptors (Lipinski definition) is 3. The van der Waals surface area contributed by atoms with Crippen molar-refractivity contribution in [3.8, 4) is 16.9 Å². The normalized spacial score (nSPS) is 10.4. The van der Waals surface area contributed by atoms with Gasteiger partial charge in [0.15, 0.2) is 5.69 Å². The van der Waals surface area contributed by atoms with E-state index in [4.69, 9.17) is 21.4 Å². The molecule has 0 unspecified atom stereocenters. The quantitative estimate of drug-likeness (QED) is 0.896. The average Bonchev–Trinajstić information content (AvgIpc) is 2.71. The predicted molar refractivity (Wildman–Crippen MR) is 67.3 cm³/mol. The second kappa shape index (κ2) is 4.70. The van der Waals surface area contributed by atoms with Gasteiger partial charge in [0.05, 0.1) is 12.1 Å². The minimum Gasteiger partial charge on any atom is -0.495 e. The molecule has 0 saturated heterocycles. The monoisotopic (exact) mass is 266 g/mol. The standard InChI is InChI=1S/C12H11ClN2O3/c1-6-10(11(12(16)17)15-14-6)7-3-4-9(18-2)8(13)5-7/h3-5H,1-2H3,(H,14,15)(H,16,17). The van der Waals surface area contributed by atoms with Crippen LogP contribution in [0.4, 0.5) is 0 Å². The summed E-state index contributed by atoms with van der Waals surface area (Å²) < 4.78 is 5.05. The number of aromatic amines is 1. The van der Waals surface area contributed by atoms with Gasteiger partial charge in [0, 0.05) is 11.3 Å². The lowest BCUT2D eigenvalue weighted by atomic mass is 10.0. The van der Waals surface area contributed by atoms with E-state index in [1.54, 1.807) is 25.1 Å². The fraction of sp³-hybridized carbons (Fsp3) is 0.167. The summed E-state index contributed by atoms with van der Waals surface area (Å²) in [5, 5.41) is 15.9. The molecule has 18 heavy (non-hydrogen) atoms. The van der Waals surface area contributed by atoms with E-state index >= 15 is 0 Å².